The lowest BCUT2D eigenvalue weighted by molar-refractivity contribution is -0.117. The first-order chi connectivity index (χ1) is 13.8. The number of benzene rings is 2. The molecule has 1 atom stereocenters. The molecule has 0 spiro atoms. The van der Waals surface area contributed by atoms with Crippen molar-refractivity contribution in [2.75, 3.05) is 11.9 Å². The van der Waals surface area contributed by atoms with Crippen LogP contribution in [0.15, 0.2) is 53.1 Å². The zero-order valence-electron chi connectivity index (χ0n) is 15.1. The summed E-state index contributed by atoms with van der Waals surface area (Å²) in [6.45, 7) is 0. The lowest BCUT2D eigenvalue weighted by Gasteiger charge is -2.18. The summed E-state index contributed by atoms with van der Waals surface area (Å²) in [5, 5.41) is 12.4. The number of hydrogen-bond donors (Lipinski definition) is 1. The van der Waals surface area contributed by atoms with E-state index in [1.165, 1.54) is 36.2 Å². The highest BCUT2D eigenvalue weighted by Crippen LogP contribution is 2.42. The van der Waals surface area contributed by atoms with Crippen molar-refractivity contribution in [2.45, 2.75) is 11.7 Å². The second-order valence-electron chi connectivity index (χ2n) is 6.07. The molecule has 0 radical (unpaired) electrons. The molecule has 5 nitrogen and oxygen atoms in total. The van der Waals surface area contributed by atoms with E-state index in [2.05, 4.69) is 5.32 Å². The first-order valence-corrected chi connectivity index (χ1v) is 10.1. The van der Waals surface area contributed by atoms with E-state index in [0.717, 1.165) is 11.8 Å². The molecule has 0 aromatic heterocycles. The molecule has 1 aliphatic rings. The fraction of sp³-hybridized carbons (Fsp3) is 0.150. The van der Waals surface area contributed by atoms with Crippen molar-refractivity contribution in [3.8, 4) is 6.07 Å². The predicted octanol–water partition coefficient (Wildman–Crippen LogP) is 4.30. The summed E-state index contributed by atoms with van der Waals surface area (Å²) in [4.78, 5) is 26.6. The van der Waals surface area contributed by atoms with E-state index in [1.54, 1.807) is 18.2 Å². The lowest BCUT2D eigenvalue weighted by Crippen LogP contribution is -2.31. The Bertz CT molecular complexity index is 1050. The molecular weight excluding hydrogens is 436 g/mol. The molecule has 148 valence electrons. The second kappa shape index (κ2) is 8.87. The smallest absolute Gasteiger partial charge is 0.264 e. The van der Waals surface area contributed by atoms with Crippen molar-refractivity contribution in [3.05, 3.63) is 74.5 Å². The minimum atomic E-state index is -0.623. The number of rotatable bonds is 4. The van der Waals surface area contributed by atoms with Crippen molar-refractivity contribution in [2.24, 2.45) is 0 Å². The zero-order chi connectivity index (χ0) is 21.1. The molecule has 1 heterocycles. The summed E-state index contributed by atoms with van der Waals surface area (Å²) in [6, 6.07) is 12.1. The summed E-state index contributed by atoms with van der Waals surface area (Å²) < 4.78 is 13.4. The molecule has 1 N–H and O–H groups in total. The minimum Gasteiger partial charge on any atom is -0.354 e. The van der Waals surface area contributed by atoms with Gasteiger partial charge in [0.2, 0.25) is 5.91 Å². The largest absolute Gasteiger partial charge is 0.354 e. The van der Waals surface area contributed by atoms with E-state index in [4.69, 9.17) is 23.2 Å². The minimum absolute atomic E-state index is 0.193. The maximum Gasteiger partial charge on any atom is 0.264 e. The first kappa shape index (κ1) is 21.2. The Morgan fingerprint density at radius 1 is 1.28 bits per heavy atom. The van der Waals surface area contributed by atoms with Crippen molar-refractivity contribution in [1.29, 1.82) is 5.26 Å². The maximum absolute atomic E-state index is 13.4. The SMILES string of the molecule is CNC(=O)C(C#N)=C1SC(Cc2ccc(Cl)cc2Cl)C(=O)N1c1ccc(F)cc1. The first-order valence-electron chi connectivity index (χ1n) is 8.42. The van der Waals surface area contributed by atoms with Gasteiger partial charge in [0.05, 0.1) is 5.25 Å². The Hall–Kier alpha value is -2.53. The number of nitriles is 1. The lowest BCUT2D eigenvalue weighted by atomic mass is 10.1. The van der Waals surface area contributed by atoms with Crippen molar-refractivity contribution in [1.82, 2.24) is 5.32 Å². The molecule has 0 bridgehead atoms. The van der Waals surface area contributed by atoms with Crippen molar-refractivity contribution < 1.29 is 14.0 Å². The summed E-state index contributed by atoms with van der Waals surface area (Å²) >= 11 is 13.3. The molecule has 1 unspecified atom stereocenters. The normalized spacial score (nSPS) is 17.8. The van der Waals surface area contributed by atoms with Gasteiger partial charge in [-0.25, -0.2) is 4.39 Å². The highest BCUT2D eigenvalue weighted by Gasteiger charge is 2.40. The molecule has 1 fully saturated rings. The number of halogens is 3. The molecular formula is C20H14Cl2FN3O2S. The van der Waals surface area contributed by atoms with Gasteiger partial charge in [0, 0.05) is 22.8 Å². The standard InChI is InChI=1S/C20H14Cl2FN3O2S/c1-25-18(27)15(10-24)20-26(14-6-4-13(23)5-7-14)19(28)17(29-20)8-11-2-3-12(21)9-16(11)22/h2-7,9,17H,8H2,1H3,(H,25,27). The van der Waals surface area contributed by atoms with E-state index in [9.17, 15) is 19.2 Å². The Labute approximate surface area is 181 Å². The van der Waals surface area contributed by atoms with Crippen LogP contribution in [-0.4, -0.2) is 24.1 Å². The van der Waals surface area contributed by atoms with Crippen LogP contribution in [0.5, 0.6) is 0 Å². The van der Waals surface area contributed by atoms with E-state index in [0.29, 0.717) is 21.3 Å². The Balaban J connectivity index is 2.05. The summed E-state index contributed by atoms with van der Waals surface area (Å²) in [7, 11) is 1.40. The fourth-order valence-electron chi connectivity index (χ4n) is 2.82. The van der Waals surface area contributed by atoms with Gasteiger partial charge < -0.3 is 5.32 Å². The van der Waals surface area contributed by atoms with Crippen LogP contribution in [0.2, 0.25) is 10.0 Å². The monoisotopic (exact) mass is 449 g/mol. The van der Waals surface area contributed by atoms with Gasteiger partial charge in [-0.05, 0) is 48.4 Å². The van der Waals surface area contributed by atoms with E-state index in [-0.39, 0.29) is 22.9 Å². The van der Waals surface area contributed by atoms with Gasteiger partial charge in [0.25, 0.3) is 5.91 Å². The summed E-state index contributed by atoms with van der Waals surface area (Å²) in [5.74, 6) is -1.41. The number of hydrogen-bond acceptors (Lipinski definition) is 4. The van der Waals surface area contributed by atoms with Crippen LogP contribution >= 0.6 is 35.0 Å². The Morgan fingerprint density at radius 2 is 1.97 bits per heavy atom. The molecule has 2 aromatic rings. The highest BCUT2D eigenvalue weighted by atomic mass is 35.5. The zero-order valence-corrected chi connectivity index (χ0v) is 17.4. The van der Waals surface area contributed by atoms with Crippen LogP contribution in [-0.2, 0) is 16.0 Å². The van der Waals surface area contributed by atoms with Gasteiger partial charge in [-0.2, -0.15) is 5.26 Å². The predicted molar refractivity (Wildman–Crippen MR) is 112 cm³/mol. The number of amides is 2. The van der Waals surface area contributed by atoms with Crippen LogP contribution in [0.25, 0.3) is 0 Å². The van der Waals surface area contributed by atoms with Gasteiger partial charge in [-0.1, -0.05) is 41.0 Å². The number of nitrogens with one attached hydrogen (secondary N) is 1. The quantitative estimate of drug-likeness (QED) is 0.557. The van der Waals surface area contributed by atoms with E-state index in [1.807, 2.05) is 6.07 Å². The van der Waals surface area contributed by atoms with Crippen molar-refractivity contribution in [3.63, 3.8) is 0 Å². The maximum atomic E-state index is 13.4. The highest BCUT2D eigenvalue weighted by molar-refractivity contribution is 8.05. The fourth-order valence-corrected chi connectivity index (χ4v) is 4.61. The summed E-state index contributed by atoms with van der Waals surface area (Å²) in [6.07, 6.45) is 0.271. The summed E-state index contributed by atoms with van der Waals surface area (Å²) in [5.41, 5.74) is 0.876. The van der Waals surface area contributed by atoms with Gasteiger partial charge in [0.15, 0.2) is 0 Å². The number of carbonyl (C=O) groups excluding carboxylic acids is 2. The molecule has 9 heteroatoms. The number of carbonyl (C=O) groups is 2. The third-order valence-electron chi connectivity index (χ3n) is 4.24. The average Bonchev–Trinajstić information content (AvgIpc) is 3.01. The third-order valence-corrected chi connectivity index (χ3v) is 6.09. The van der Waals surface area contributed by atoms with Crippen LogP contribution in [0.3, 0.4) is 0 Å². The molecule has 3 rings (SSSR count). The van der Waals surface area contributed by atoms with Gasteiger partial charge in [0.1, 0.15) is 22.5 Å². The van der Waals surface area contributed by atoms with Gasteiger partial charge >= 0.3 is 0 Å². The number of thioether (sulfide) groups is 1. The van der Waals surface area contributed by atoms with E-state index >= 15 is 0 Å². The Morgan fingerprint density at radius 3 is 2.55 bits per heavy atom. The van der Waals surface area contributed by atoms with Crippen molar-refractivity contribution >= 4 is 52.5 Å². The molecule has 2 amide bonds. The molecule has 1 aliphatic heterocycles. The number of nitrogens with zero attached hydrogens (tertiary/aromatic N) is 2. The van der Waals surface area contributed by atoms with Crippen LogP contribution < -0.4 is 10.2 Å². The molecule has 0 aliphatic carbocycles. The van der Waals surface area contributed by atoms with Crippen LogP contribution in [0.4, 0.5) is 10.1 Å². The number of anilines is 1. The third kappa shape index (κ3) is 4.40. The van der Waals surface area contributed by atoms with Crippen LogP contribution in [0, 0.1) is 17.1 Å². The molecule has 29 heavy (non-hydrogen) atoms. The Kier molecular flexibility index (Phi) is 6.48. The van der Waals surface area contributed by atoms with E-state index < -0.39 is 17.0 Å². The van der Waals surface area contributed by atoms with Crippen LogP contribution in [0.1, 0.15) is 5.56 Å². The molecule has 1 saturated heterocycles. The van der Waals surface area contributed by atoms with Gasteiger partial charge in [-0.3, -0.25) is 14.5 Å². The molecule has 0 saturated carbocycles. The van der Waals surface area contributed by atoms with Gasteiger partial charge in [-0.15, -0.1) is 0 Å². The number of likely N-dealkylation sites (N-methyl/N-ethyl adjacent to an activating group) is 1. The average molecular weight is 450 g/mol. The topological polar surface area (TPSA) is 73.2 Å². The molecule has 2 aromatic carbocycles. The second-order valence-corrected chi connectivity index (χ2v) is 8.10.